The first kappa shape index (κ1) is 16.1. The van der Waals surface area contributed by atoms with E-state index in [1.807, 2.05) is 0 Å². The zero-order valence-electron chi connectivity index (χ0n) is 11.5. The second kappa shape index (κ2) is 6.21. The molecular formula is C13H18ClN3O3S. The van der Waals surface area contributed by atoms with E-state index < -0.39 is 15.9 Å². The number of hydrogen-bond donors (Lipinski definition) is 2. The van der Waals surface area contributed by atoms with Crippen molar-refractivity contribution in [1.82, 2.24) is 4.31 Å². The smallest absolute Gasteiger partial charge is 0.243 e. The Morgan fingerprint density at radius 1 is 1.33 bits per heavy atom. The Morgan fingerprint density at radius 2 is 1.95 bits per heavy atom. The molecule has 1 aliphatic carbocycles. The number of halogens is 1. The third kappa shape index (κ3) is 3.48. The number of rotatable bonds is 5. The summed E-state index contributed by atoms with van der Waals surface area (Å²) >= 11 is 5.81. The lowest BCUT2D eigenvalue weighted by Crippen LogP contribution is -2.44. The highest BCUT2D eigenvalue weighted by Gasteiger charge is 2.34. The Balaban J connectivity index is 2.40. The van der Waals surface area contributed by atoms with Crippen LogP contribution in [-0.4, -0.2) is 31.2 Å². The molecule has 1 saturated carbocycles. The van der Waals surface area contributed by atoms with Gasteiger partial charge in [0.15, 0.2) is 0 Å². The molecule has 0 aromatic heterocycles. The summed E-state index contributed by atoms with van der Waals surface area (Å²) in [6, 6.07) is 3.93. The van der Waals surface area contributed by atoms with E-state index in [1.54, 1.807) is 0 Å². The topological polar surface area (TPSA) is 106 Å². The summed E-state index contributed by atoms with van der Waals surface area (Å²) < 4.78 is 26.7. The molecule has 0 atom stereocenters. The Morgan fingerprint density at radius 3 is 2.48 bits per heavy atom. The molecule has 1 aliphatic rings. The molecule has 6 nitrogen and oxygen atoms in total. The SMILES string of the molecule is NC(=O)CN(C1CCCC1)S(=O)(=O)c1ccc(Cl)c(N)c1. The number of primary amides is 1. The van der Waals surface area contributed by atoms with Gasteiger partial charge in [-0.05, 0) is 31.0 Å². The van der Waals surface area contributed by atoms with Crippen molar-refractivity contribution in [2.75, 3.05) is 12.3 Å². The van der Waals surface area contributed by atoms with Crippen LogP contribution in [0.5, 0.6) is 0 Å². The van der Waals surface area contributed by atoms with Gasteiger partial charge in [-0.2, -0.15) is 4.31 Å². The van der Waals surface area contributed by atoms with Gasteiger partial charge in [0.25, 0.3) is 0 Å². The van der Waals surface area contributed by atoms with Crippen LogP contribution in [0, 0.1) is 0 Å². The number of benzene rings is 1. The summed E-state index contributed by atoms with van der Waals surface area (Å²) in [4.78, 5) is 11.3. The number of nitrogen functional groups attached to an aromatic ring is 1. The van der Waals surface area contributed by atoms with Gasteiger partial charge in [-0.1, -0.05) is 24.4 Å². The maximum Gasteiger partial charge on any atom is 0.243 e. The van der Waals surface area contributed by atoms with Gasteiger partial charge < -0.3 is 11.5 Å². The van der Waals surface area contributed by atoms with Gasteiger partial charge in [0.05, 0.1) is 22.2 Å². The molecule has 0 aliphatic heterocycles. The molecule has 1 aromatic carbocycles. The van der Waals surface area contributed by atoms with E-state index in [4.69, 9.17) is 23.1 Å². The van der Waals surface area contributed by atoms with E-state index in [9.17, 15) is 13.2 Å². The molecular weight excluding hydrogens is 314 g/mol. The summed E-state index contributed by atoms with van der Waals surface area (Å²) in [7, 11) is -3.82. The molecule has 0 spiro atoms. The Hall–Kier alpha value is -1.31. The van der Waals surface area contributed by atoms with Crippen molar-refractivity contribution in [2.45, 2.75) is 36.6 Å². The molecule has 21 heavy (non-hydrogen) atoms. The van der Waals surface area contributed by atoms with Gasteiger partial charge in [0.2, 0.25) is 15.9 Å². The summed E-state index contributed by atoms with van der Waals surface area (Å²) in [5.41, 5.74) is 11.0. The quantitative estimate of drug-likeness (QED) is 0.794. The third-order valence-electron chi connectivity index (χ3n) is 3.62. The number of anilines is 1. The molecule has 8 heteroatoms. The van der Waals surface area contributed by atoms with E-state index >= 15 is 0 Å². The predicted molar refractivity (Wildman–Crippen MR) is 81.2 cm³/mol. The number of sulfonamides is 1. The van der Waals surface area contributed by atoms with E-state index in [0.29, 0.717) is 0 Å². The van der Waals surface area contributed by atoms with Crippen LogP contribution >= 0.6 is 11.6 Å². The number of nitrogens with two attached hydrogens (primary N) is 2. The predicted octanol–water partition coefficient (Wildman–Crippen LogP) is 1.34. The average Bonchev–Trinajstić information content (AvgIpc) is 2.92. The van der Waals surface area contributed by atoms with Gasteiger partial charge in [-0.15, -0.1) is 0 Å². The van der Waals surface area contributed by atoms with E-state index in [0.717, 1.165) is 25.7 Å². The first-order chi connectivity index (χ1) is 9.82. The molecule has 1 aromatic rings. The van der Waals surface area contributed by atoms with Crippen molar-refractivity contribution in [2.24, 2.45) is 5.73 Å². The fraction of sp³-hybridized carbons (Fsp3) is 0.462. The van der Waals surface area contributed by atoms with Crippen molar-refractivity contribution < 1.29 is 13.2 Å². The summed E-state index contributed by atoms with van der Waals surface area (Å²) in [5, 5.41) is 0.288. The minimum Gasteiger partial charge on any atom is -0.397 e. The van der Waals surface area contributed by atoms with Crippen LogP contribution in [0.4, 0.5) is 5.69 Å². The first-order valence-corrected chi connectivity index (χ1v) is 8.49. The minimum atomic E-state index is -3.82. The van der Waals surface area contributed by atoms with Crippen LogP contribution in [0.3, 0.4) is 0 Å². The highest BCUT2D eigenvalue weighted by atomic mass is 35.5. The van der Waals surface area contributed by atoms with E-state index in [1.165, 1.54) is 22.5 Å². The van der Waals surface area contributed by atoms with Crippen LogP contribution in [-0.2, 0) is 14.8 Å². The van der Waals surface area contributed by atoms with Crippen molar-refractivity contribution in [3.05, 3.63) is 23.2 Å². The summed E-state index contributed by atoms with van der Waals surface area (Å²) in [6.07, 6.45) is 3.35. The van der Waals surface area contributed by atoms with Crippen molar-refractivity contribution in [1.29, 1.82) is 0 Å². The minimum absolute atomic E-state index is 0.0255. The van der Waals surface area contributed by atoms with Crippen LogP contribution in [0.15, 0.2) is 23.1 Å². The lowest BCUT2D eigenvalue weighted by molar-refractivity contribution is -0.118. The highest BCUT2D eigenvalue weighted by molar-refractivity contribution is 7.89. The van der Waals surface area contributed by atoms with E-state index in [2.05, 4.69) is 0 Å². The number of carbonyl (C=O) groups is 1. The first-order valence-electron chi connectivity index (χ1n) is 6.67. The van der Waals surface area contributed by atoms with Crippen molar-refractivity contribution in [3.63, 3.8) is 0 Å². The van der Waals surface area contributed by atoms with Gasteiger partial charge >= 0.3 is 0 Å². The van der Waals surface area contributed by atoms with Gasteiger partial charge in [-0.3, -0.25) is 4.79 Å². The molecule has 0 saturated heterocycles. The molecule has 0 bridgehead atoms. The average molecular weight is 332 g/mol. The van der Waals surface area contributed by atoms with Crippen LogP contribution in [0.25, 0.3) is 0 Å². The number of amides is 1. The standard InChI is InChI=1S/C13H18ClN3O3S/c14-11-6-5-10(7-12(11)15)21(19,20)17(8-13(16)18)9-3-1-2-4-9/h5-7,9H,1-4,8,15H2,(H2,16,18). The third-order valence-corrected chi connectivity index (χ3v) is 5.86. The molecule has 1 amide bonds. The zero-order chi connectivity index (χ0) is 15.6. The maximum atomic E-state index is 12.7. The second-order valence-corrected chi connectivity index (χ2v) is 7.44. The molecule has 2 rings (SSSR count). The Labute approximate surface area is 129 Å². The molecule has 0 radical (unpaired) electrons. The zero-order valence-corrected chi connectivity index (χ0v) is 13.0. The number of nitrogens with zero attached hydrogens (tertiary/aromatic N) is 1. The number of hydrogen-bond acceptors (Lipinski definition) is 4. The largest absolute Gasteiger partial charge is 0.397 e. The fourth-order valence-electron chi connectivity index (χ4n) is 2.57. The molecule has 116 valence electrons. The normalized spacial score (nSPS) is 16.5. The van der Waals surface area contributed by atoms with Crippen LogP contribution in [0.2, 0.25) is 5.02 Å². The van der Waals surface area contributed by atoms with Gasteiger partial charge in [0, 0.05) is 6.04 Å². The van der Waals surface area contributed by atoms with Gasteiger partial charge in [0.1, 0.15) is 0 Å². The Bertz CT molecular complexity index is 642. The Kier molecular flexibility index (Phi) is 4.75. The van der Waals surface area contributed by atoms with Crippen molar-refractivity contribution in [3.8, 4) is 0 Å². The van der Waals surface area contributed by atoms with E-state index in [-0.39, 0.29) is 28.2 Å². The lowest BCUT2D eigenvalue weighted by atomic mass is 10.2. The second-order valence-electron chi connectivity index (χ2n) is 5.14. The van der Waals surface area contributed by atoms with Crippen LogP contribution < -0.4 is 11.5 Å². The molecule has 1 fully saturated rings. The summed E-state index contributed by atoms with van der Waals surface area (Å²) in [5.74, 6) is -0.674. The molecule has 4 N–H and O–H groups in total. The maximum absolute atomic E-state index is 12.7. The molecule has 0 heterocycles. The van der Waals surface area contributed by atoms with Crippen LogP contribution in [0.1, 0.15) is 25.7 Å². The number of carbonyl (C=O) groups excluding carboxylic acids is 1. The van der Waals surface area contributed by atoms with Gasteiger partial charge in [-0.25, -0.2) is 8.42 Å². The summed E-state index contributed by atoms with van der Waals surface area (Å²) in [6.45, 7) is -0.324. The highest BCUT2D eigenvalue weighted by Crippen LogP contribution is 2.30. The molecule has 0 unspecified atom stereocenters. The van der Waals surface area contributed by atoms with Crippen molar-refractivity contribution >= 4 is 33.2 Å². The monoisotopic (exact) mass is 331 g/mol. The fourth-order valence-corrected chi connectivity index (χ4v) is 4.38. The lowest BCUT2D eigenvalue weighted by Gasteiger charge is -2.27.